The molecule has 0 unspecified atom stereocenters. The molecular formula is C31H30F5N5O5. The molecule has 0 aliphatic heterocycles. The SMILES string of the molecule is CCC[C@H](NC(=O)c1ccc(C(F)(F)F)n(C)c1=O)C(=O)N[C@@H](CC(=O)O)c1cc(-c2c(C)ccc3nn(C)cc23)cc(F)c1F. The zero-order valence-corrected chi connectivity index (χ0v) is 25.1. The number of pyridine rings is 1. The molecule has 0 saturated carbocycles. The van der Waals surface area contributed by atoms with Gasteiger partial charge in [0.25, 0.3) is 11.5 Å². The fourth-order valence-corrected chi connectivity index (χ4v) is 5.28. The maximum Gasteiger partial charge on any atom is 0.431 e. The van der Waals surface area contributed by atoms with E-state index in [9.17, 15) is 37.5 Å². The number of alkyl halides is 3. The van der Waals surface area contributed by atoms with Crippen molar-refractivity contribution in [2.24, 2.45) is 14.1 Å². The molecule has 4 rings (SSSR count). The van der Waals surface area contributed by atoms with Crippen LogP contribution in [-0.4, -0.2) is 43.3 Å². The predicted octanol–water partition coefficient (Wildman–Crippen LogP) is 4.78. The van der Waals surface area contributed by atoms with Crippen molar-refractivity contribution in [3.05, 3.63) is 87.0 Å². The van der Waals surface area contributed by atoms with Crippen molar-refractivity contribution in [1.29, 1.82) is 0 Å². The van der Waals surface area contributed by atoms with Crippen molar-refractivity contribution >= 4 is 28.7 Å². The van der Waals surface area contributed by atoms with Gasteiger partial charge in [-0.1, -0.05) is 19.4 Å². The Labute approximate surface area is 258 Å². The van der Waals surface area contributed by atoms with Gasteiger partial charge in [-0.3, -0.25) is 23.9 Å². The summed E-state index contributed by atoms with van der Waals surface area (Å²) in [6, 6.07) is 3.90. The normalized spacial score (nSPS) is 13.0. The number of carboxylic acids is 1. The maximum atomic E-state index is 15.3. The summed E-state index contributed by atoms with van der Waals surface area (Å²) in [6.45, 7) is 3.40. The van der Waals surface area contributed by atoms with E-state index in [2.05, 4.69) is 15.7 Å². The summed E-state index contributed by atoms with van der Waals surface area (Å²) >= 11 is 0. The van der Waals surface area contributed by atoms with Gasteiger partial charge >= 0.3 is 12.1 Å². The van der Waals surface area contributed by atoms with Crippen LogP contribution in [0.5, 0.6) is 0 Å². The number of rotatable bonds is 10. The lowest BCUT2D eigenvalue weighted by atomic mass is 9.92. The monoisotopic (exact) mass is 647 g/mol. The summed E-state index contributed by atoms with van der Waals surface area (Å²) in [5.74, 6) is -6.28. The molecular weight excluding hydrogens is 617 g/mol. The van der Waals surface area contributed by atoms with Crippen molar-refractivity contribution in [3.63, 3.8) is 0 Å². The van der Waals surface area contributed by atoms with Gasteiger partial charge in [-0.05, 0) is 60.4 Å². The highest BCUT2D eigenvalue weighted by Gasteiger charge is 2.35. The van der Waals surface area contributed by atoms with Gasteiger partial charge in [0.05, 0.1) is 18.0 Å². The molecule has 2 heterocycles. The fraction of sp³-hybridized carbons (Fsp3) is 0.323. The minimum atomic E-state index is -4.86. The second kappa shape index (κ2) is 13.1. The van der Waals surface area contributed by atoms with E-state index < -0.39 is 76.5 Å². The molecule has 0 bridgehead atoms. The van der Waals surface area contributed by atoms with E-state index in [0.717, 1.165) is 13.1 Å². The van der Waals surface area contributed by atoms with Gasteiger partial charge < -0.3 is 20.3 Å². The van der Waals surface area contributed by atoms with Gasteiger partial charge in [-0.25, -0.2) is 8.78 Å². The number of fused-ring (bicyclic) bond motifs is 1. The molecule has 3 N–H and O–H groups in total. The summed E-state index contributed by atoms with van der Waals surface area (Å²) in [5, 5.41) is 19.2. The first-order chi connectivity index (χ1) is 21.5. The summed E-state index contributed by atoms with van der Waals surface area (Å²) < 4.78 is 71.8. The minimum Gasteiger partial charge on any atom is -0.481 e. The molecule has 46 heavy (non-hydrogen) atoms. The molecule has 2 aromatic heterocycles. The Balaban J connectivity index is 1.69. The molecule has 0 spiro atoms. The van der Waals surface area contributed by atoms with Crippen LogP contribution in [0.2, 0.25) is 0 Å². The Kier molecular flexibility index (Phi) is 9.63. The largest absolute Gasteiger partial charge is 0.481 e. The molecule has 244 valence electrons. The lowest BCUT2D eigenvalue weighted by Gasteiger charge is -2.24. The van der Waals surface area contributed by atoms with E-state index in [-0.39, 0.29) is 16.6 Å². The van der Waals surface area contributed by atoms with Crippen molar-refractivity contribution in [1.82, 2.24) is 25.0 Å². The third kappa shape index (κ3) is 6.92. The number of halogens is 5. The summed E-state index contributed by atoms with van der Waals surface area (Å²) in [6.07, 6.45) is -3.79. The highest BCUT2D eigenvalue weighted by molar-refractivity contribution is 5.98. The summed E-state index contributed by atoms with van der Waals surface area (Å²) in [7, 11) is 2.53. The summed E-state index contributed by atoms with van der Waals surface area (Å²) in [5.41, 5.74) is -1.72. The third-order valence-corrected chi connectivity index (χ3v) is 7.47. The van der Waals surface area contributed by atoms with Crippen LogP contribution >= 0.6 is 0 Å². The number of amides is 2. The average Bonchev–Trinajstić information content (AvgIpc) is 3.34. The second-order valence-corrected chi connectivity index (χ2v) is 10.8. The highest BCUT2D eigenvalue weighted by atomic mass is 19.4. The molecule has 0 saturated heterocycles. The van der Waals surface area contributed by atoms with Gasteiger partial charge in [0.15, 0.2) is 11.6 Å². The standard InChI is InChI=1S/C31H30F5N5O5/c1-5-6-22(37-28(44)17-8-10-24(31(34,35)36)41(4)30(17)46)29(45)38-23(13-25(42)43)18-11-16(12-20(32)27(18)33)26-15(2)7-9-21-19(26)14-40(3)39-21/h7-12,14,22-23H,5-6,13H2,1-4H3,(H,37,44)(H,38,45)(H,42,43)/t22-,23-/m0/s1. The molecule has 15 heteroatoms. The number of benzene rings is 2. The lowest BCUT2D eigenvalue weighted by molar-refractivity contribution is -0.143. The molecule has 2 atom stereocenters. The fourth-order valence-electron chi connectivity index (χ4n) is 5.28. The zero-order valence-electron chi connectivity index (χ0n) is 25.1. The Morgan fingerprint density at radius 1 is 1.04 bits per heavy atom. The van der Waals surface area contributed by atoms with E-state index >= 15 is 8.78 Å². The highest BCUT2D eigenvalue weighted by Crippen LogP contribution is 2.35. The molecule has 4 aromatic rings. The first-order valence-corrected chi connectivity index (χ1v) is 14.1. The van der Waals surface area contributed by atoms with Gasteiger partial charge in [0.2, 0.25) is 5.91 Å². The van der Waals surface area contributed by atoms with Gasteiger partial charge in [-0.2, -0.15) is 18.3 Å². The van der Waals surface area contributed by atoms with E-state index in [1.807, 2.05) is 0 Å². The molecule has 10 nitrogen and oxygen atoms in total. The predicted molar refractivity (Wildman–Crippen MR) is 157 cm³/mol. The van der Waals surface area contributed by atoms with Crippen LogP contribution < -0.4 is 16.2 Å². The maximum absolute atomic E-state index is 15.3. The molecule has 0 aliphatic rings. The lowest BCUT2D eigenvalue weighted by Crippen LogP contribution is -2.49. The number of carboxylic acid groups (broad SMARTS) is 1. The van der Waals surface area contributed by atoms with Crippen molar-refractivity contribution in [2.75, 3.05) is 0 Å². The van der Waals surface area contributed by atoms with Crippen LogP contribution in [0.3, 0.4) is 0 Å². The van der Waals surface area contributed by atoms with Crippen LogP contribution in [0.1, 0.15) is 59.4 Å². The minimum absolute atomic E-state index is 0.0442. The number of hydrogen-bond donors (Lipinski definition) is 3. The number of nitrogens with one attached hydrogen (secondary N) is 2. The Hall–Kier alpha value is -5.08. The van der Waals surface area contributed by atoms with Crippen LogP contribution in [0.4, 0.5) is 22.0 Å². The number of carbonyl (C=O) groups excluding carboxylic acids is 2. The molecule has 0 aliphatic carbocycles. The number of hydrogen-bond acceptors (Lipinski definition) is 5. The van der Waals surface area contributed by atoms with Crippen LogP contribution in [0.15, 0.2) is 47.4 Å². The molecule has 0 fully saturated rings. The molecule has 2 aromatic carbocycles. The van der Waals surface area contributed by atoms with Crippen LogP contribution in [0, 0.1) is 18.6 Å². The van der Waals surface area contributed by atoms with Crippen LogP contribution in [-0.2, 0) is 29.9 Å². The second-order valence-electron chi connectivity index (χ2n) is 10.8. The van der Waals surface area contributed by atoms with Gasteiger partial charge in [0, 0.05) is 31.2 Å². The van der Waals surface area contributed by atoms with Crippen molar-refractivity contribution < 1.29 is 41.4 Å². The smallest absolute Gasteiger partial charge is 0.431 e. The Bertz CT molecular complexity index is 1900. The number of aryl methyl sites for hydroxylation is 2. The first-order valence-electron chi connectivity index (χ1n) is 14.1. The zero-order chi connectivity index (χ0) is 34.1. The Morgan fingerprint density at radius 2 is 1.74 bits per heavy atom. The average molecular weight is 648 g/mol. The van der Waals surface area contributed by atoms with E-state index in [0.29, 0.717) is 40.6 Å². The summed E-state index contributed by atoms with van der Waals surface area (Å²) in [4.78, 5) is 50.7. The Morgan fingerprint density at radius 3 is 2.37 bits per heavy atom. The van der Waals surface area contributed by atoms with E-state index in [1.165, 1.54) is 6.07 Å². The van der Waals surface area contributed by atoms with E-state index in [4.69, 9.17) is 0 Å². The van der Waals surface area contributed by atoms with E-state index in [1.54, 1.807) is 43.9 Å². The number of carbonyl (C=O) groups is 3. The number of aromatic nitrogens is 3. The van der Waals surface area contributed by atoms with Gasteiger partial charge in [0.1, 0.15) is 17.3 Å². The first kappa shape index (κ1) is 33.8. The van der Waals surface area contributed by atoms with Crippen molar-refractivity contribution in [2.45, 2.75) is 51.4 Å². The van der Waals surface area contributed by atoms with Crippen molar-refractivity contribution in [3.8, 4) is 11.1 Å². The van der Waals surface area contributed by atoms with Crippen LogP contribution in [0.25, 0.3) is 22.0 Å². The number of nitrogens with zero attached hydrogens (tertiary/aromatic N) is 3. The molecule has 0 radical (unpaired) electrons. The molecule has 2 amide bonds. The third-order valence-electron chi connectivity index (χ3n) is 7.47. The number of aliphatic carboxylic acids is 1. The topological polar surface area (TPSA) is 135 Å². The van der Waals surface area contributed by atoms with Gasteiger partial charge in [-0.15, -0.1) is 0 Å². The quantitative estimate of drug-likeness (QED) is 0.212.